The Morgan fingerprint density at radius 2 is 1.67 bits per heavy atom. The average Bonchev–Trinajstić information content (AvgIpc) is 2.24. The first-order chi connectivity index (χ1) is 6.99. The van der Waals surface area contributed by atoms with Crippen molar-refractivity contribution in [1.29, 1.82) is 0 Å². The highest BCUT2D eigenvalue weighted by atomic mass is 16.3. The summed E-state index contributed by atoms with van der Waals surface area (Å²) < 4.78 is 0. The van der Waals surface area contributed by atoms with E-state index in [4.69, 9.17) is 0 Å². The fourth-order valence-electron chi connectivity index (χ4n) is 1.73. The Morgan fingerprint density at radius 1 is 1.07 bits per heavy atom. The lowest BCUT2D eigenvalue weighted by Gasteiger charge is -2.20. The molecule has 84 valence electrons. The van der Waals surface area contributed by atoms with Gasteiger partial charge in [-0.25, -0.2) is 0 Å². The minimum atomic E-state index is -0.769. The Balaban J connectivity index is 3.10. The van der Waals surface area contributed by atoms with Crippen molar-refractivity contribution >= 4 is 0 Å². The van der Waals surface area contributed by atoms with Gasteiger partial charge in [-0.3, -0.25) is 0 Å². The predicted octanol–water partition coefficient (Wildman–Crippen LogP) is 2.42. The highest BCUT2D eigenvalue weighted by Gasteiger charge is 2.19. The largest absolute Gasteiger partial charge is 0.390 e. The summed E-state index contributed by atoms with van der Waals surface area (Å²) in [6.45, 7) is 7.95. The summed E-state index contributed by atoms with van der Waals surface area (Å²) in [6, 6.07) is 3.89. The topological polar surface area (TPSA) is 40.5 Å². The van der Waals surface area contributed by atoms with Crippen molar-refractivity contribution in [2.45, 2.75) is 46.3 Å². The molecule has 2 heteroatoms. The van der Waals surface area contributed by atoms with E-state index >= 15 is 0 Å². The van der Waals surface area contributed by atoms with Crippen LogP contribution >= 0.6 is 0 Å². The van der Waals surface area contributed by atoms with E-state index in [0.29, 0.717) is 6.42 Å². The zero-order valence-corrected chi connectivity index (χ0v) is 9.91. The normalized spacial score (nSPS) is 15.1. The maximum atomic E-state index is 9.94. The molecule has 1 rings (SSSR count). The Kier molecular flexibility index (Phi) is 3.89. The summed E-state index contributed by atoms with van der Waals surface area (Å²) in [4.78, 5) is 0. The van der Waals surface area contributed by atoms with Crippen molar-refractivity contribution in [2.24, 2.45) is 0 Å². The van der Waals surface area contributed by atoms with Crippen LogP contribution in [0.5, 0.6) is 0 Å². The van der Waals surface area contributed by atoms with Gasteiger partial charge in [0.25, 0.3) is 0 Å². The molecule has 2 N–H and O–H groups in total. The van der Waals surface area contributed by atoms with Crippen LogP contribution in [0.15, 0.2) is 12.1 Å². The maximum Gasteiger partial charge on any atom is 0.105 e. The number of aliphatic hydroxyl groups is 2. The quantitative estimate of drug-likeness (QED) is 0.801. The summed E-state index contributed by atoms with van der Waals surface area (Å²) in [7, 11) is 0. The number of aliphatic hydroxyl groups excluding tert-OH is 2. The Hall–Kier alpha value is -0.860. The molecule has 15 heavy (non-hydrogen) atoms. The molecular weight excluding hydrogens is 188 g/mol. The molecule has 2 unspecified atom stereocenters. The fraction of sp³-hybridized carbons (Fsp3) is 0.538. The van der Waals surface area contributed by atoms with Crippen LogP contribution in [0.3, 0.4) is 0 Å². The predicted molar refractivity (Wildman–Crippen MR) is 61.9 cm³/mol. The number of hydrogen-bond acceptors (Lipinski definition) is 2. The third kappa shape index (κ3) is 2.39. The number of aryl methyl sites for hydroxylation is 1. The van der Waals surface area contributed by atoms with Crippen LogP contribution in [-0.4, -0.2) is 16.3 Å². The van der Waals surface area contributed by atoms with Crippen molar-refractivity contribution in [3.05, 3.63) is 34.4 Å². The molecule has 0 saturated carbocycles. The minimum Gasteiger partial charge on any atom is -0.390 e. The van der Waals surface area contributed by atoms with E-state index in [9.17, 15) is 10.2 Å². The summed E-state index contributed by atoms with van der Waals surface area (Å²) in [5, 5.41) is 19.5. The van der Waals surface area contributed by atoms with E-state index in [0.717, 1.165) is 11.1 Å². The van der Waals surface area contributed by atoms with Crippen LogP contribution in [-0.2, 0) is 0 Å². The molecule has 0 bridgehead atoms. The van der Waals surface area contributed by atoms with E-state index in [1.165, 1.54) is 11.1 Å². The molecular formula is C13H20O2. The maximum absolute atomic E-state index is 9.94. The molecule has 0 aliphatic carbocycles. The molecule has 1 aromatic rings. The molecule has 0 aromatic heterocycles. The first kappa shape index (κ1) is 12.2. The minimum absolute atomic E-state index is 0.563. The van der Waals surface area contributed by atoms with Gasteiger partial charge in [0.2, 0.25) is 0 Å². The van der Waals surface area contributed by atoms with E-state index in [-0.39, 0.29) is 0 Å². The molecule has 0 heterocycles. The first-order valence-corrected chi connectivity index (χ1v) is 5.41. The third-order valence-corrected chi connectivity index (χ3v) is 3.20. The van der Waals surface area contributed by atoms with Gasteiger partial charge in [-0.2, -0.15) is 0 Å². The molecule has 0 radical (unpaired) electrons. The Morgan fingerprint density at radius 3 is 2.20 bits per heavy atom. The van der Waals surface area contributed by atoms with Crippen LogP contribution in [0.25, 0.3) is 0 Å². The van der Waals surface area contributed by atoms with Gasteiger partial charge in [0.05, 0.1) is 6.10 Å². The van der Waals surface area contributed by atoms with Gasteiger partial charge in [-0.1, -0.05) is 19.1 Å². The Labute approximate surface area is 91.6 Å². The van der Waals surface area contributed by atoms with Gasteiger partial charge in [0, 0.05) is 0 Å². The molecule has 0 saturated heterocycles. The number of hydrogen-bond donors (Lipinski definition) is 2. The van der Waals surface area contributed by atoms with E-state index in [1.807, 2.05) is 32.9 Å². The smallest absolute Gasteiger partial charge is 0.105 e. The molecule has 2 atom stereocenters. The number of rotatable bonds is 3. The molecule has 0 fully saturated rings. The van der Waals surface area contributed by atoms with Gasteiger partial charge in [0.15, 0.2) is 0 Å². The average molecular weight is 208 g/mol. The van der Waals surface area contributed by atoms with Crippen LogP contribution < -0.4 is 0 Å². The highest BCUT2D eigenvalue weighted by molar-refractivity contribution is 5.40. The Bertz CT molecular complexity index is 345. The molecule has 2 nitrogen and oxygen atoms in total. The lowest BCUT2D eigenvalue weighted by Crippen LogP contribution is -2.18. The lowest BCUT2D eigenvalue weighted by atomic mass is 9.93. The van der Waals surface area contributed by atoms with Crippen molar-refractivity contribution in [1.82, 2.24) is 0 Å². The van der Waals surface area contributed by atoms with Gasteiger partial charge in [-0.15, -0.1) is 0 Å². The second kappa shape index (κ2) is 4.77. The SMILES string of the molecule is CCC(O)C(O)c1ccc(C)c(C)c1C. The standard InChI is InChI=1S/C13H20O2/c1-5-12(14)13(15)11-7-6-8(2)9(3)10(11)4/h6-7,12-15H,5H2,1-4H3. The highest BCUT2D eigenvalue weighted by Crippen LogP contribution is 2.25. The van der Waals surface area contributed by atoms with Crippen LogP contribution in [0, 0.1) is 20.8 Å². The molecule has 1 aromatic carbocycles. The van der Waals surface area contributed by atoms with Crippen LogP contribution in [0.4, 0.5) is 0 Å². The van der Waals surface area contributed by atoms with Crippen molar-refractivity contribution in [2.75, 3.05) is 0 Å². The monoisotopic (exact) mass is 208 g/mol. The molecule has 0 spiro atoms. The van der Waals surface area contributed by atoms with Crippen molar-refractivity contribution in [3.63, 3.8) is 0 Å². The van der Waals surface area contributed by atoms with Gasteiger partial charge in [0.1, 0.15) is 6.10 Å². The lowest BCUT2D eigenvalue weighted by molar-refractivity contribution is 0.0161. The van der Waals surface area contributed by atoms with Gasteiger partial charge < -0.3 is 10.2 Å². The second-order valence-electron chi connectivity index (χ2n) is 4.14. The molecule has 0 aliphatic rings. The fourth-order valence-corrected chi connectivity index (χ4v) is 1.73. The number of benzene rings is 1. The summed E-state index contributed by atoms with van der Waals surface area (Å²) in [5.74, 6) is 0. The first-order valence-electron chi connectivity index (χ1n) is 5.41. The van der Waals surface area contributed by atoms with E-state index in [2.05, 4.69) is 6.92 Å². The zero-order chi connectivity index (χ0) is 11.6. The van der Waals surface area contributed by atoms with Gasteiger partial charge in [-0.05, 0) is 49.4 Å². The molecule has 0 amide bonds. The van der Waals surface area contributed by atoms with Crippen LogP contribution in [0.1, 0.15) is 41.7 Å². The second-order valence-corrected chi connectivity index (χ2v) is 4.14. The summed E-state index contributed by atoms with van der Waals surface area (Å²) >= 11 is 0. The van der Waals surface area contributed by atoms with E-state index < -0.39 is 12.2 Å². The van der Waals surface area contributed by atoms with Crippen molar-refractivity contribution in [3.8, 4) is 0 Å². The summed E-state index contributed by atoms with van der Waals surface area (Å²) in [6.07, 6.45) is -0.881. The van der Waals surface area contributed by atoms with Crippen LogP contribution in [0.2, 0.25) is 0 Å². The zero-order valence-electron chi connectivity index (χ0n) is 9.91. The third-order valence-electron chi connectivity index (χ3n) is 3.20. The summed E-state index contributed by atoms with van der Waals surface area (Å²) in [5.41, 5.74) is 4.33. The van der Waals surface area contributed by atoms with Crippen molar-refractivity contribution < 1.29 is 10.2 Å². The molecule has 0 aliphatic heterocycles. The van der Waals surface area contributed by atoms with E-state index in [1.54, 1.807) is 0 Å². The van der Waals surface area contributed by atoms with Gasteiger partial charge >= 0.3 is 0 Å².